The summed E-state index contributed by atoms with van der Waals surface area (Å²) < 4.78 is 16.7. The second-order valence-corrected chi connectivity index (χ2v) is 7.19. The highest BCUT2D eigenvalue weighted by Crippen LogP contribution is 2.34. The molecule has 0 aliphatic carbocycles. The summed E-state index contributed by atoms with van der Waals surface area (Å²) in [7, 11) is 1.80. The Labute approximate surface area is 170 Å². The van der Waals surface area contributed by atoms with Crippen LogP contribution >= 0.6 is 0 Å². The summed E-state index contributed by atoms with van der Waals surface area (Å²) in [6.07, 6.45) is 4.31. The minimum atomic E-state index is 0.0868. The molecular formula is C22H37N3O3. The molecule has 0 saturated carbocycles. The SMILES string of the molecule is CCCCOCCOCCNC(=NC)NCC1(c2ccccc2)CCOCC1. The van der Waals surface area contributed by atoms with Gasteiger partial charge in [-0.3, -0.25) is 4.99 Å². The van der Waals surface area contributed by atoms with Crippen LogP contribution in [0.5, 0.6) is 0 Å². The first-order valence-corrected chi connectivity index (χ1v) is 10.5. The van der Waals surface area contributed by atoms with Crippen LogP contribution in [-0.4, -0.2) is 65.7 Å². The molecule has 1 heterocycles. The number of hydrogen-bond donors (Lipinski definition) is 2. The van der Waals surface area contributed by atoms with E-state index in [1.165, 1.54) is 5.56 Å². The number of nitrogens with one attached hydrogen (secondary N) is 2. The largest absolute Gasteiger partial charge is 0.381 e. The molecular weight excluding hydrogens is 354 g/mol. The van der Waals surface area contributed by atoms with Crippen molar-refractivity contribution in [3.05, 3.63) is 35.9 Å². The van der Waals surface area contributed by atoms with E-state index in [9.17, 15) is 0 Å². The Morgan fingerprint density at radius 2 is 1.75 bits per heavy atom. The van der Waals surface area contributed by atoms with E-state index in [0.717, 1.165) is 64.6 Å². The summed E-state index contributed by atoms with van der Waals surface area (Å²) in [5.74, 6) is 0.810. The number of aliphatic imine (C=N–C) groups is 1. The fourth-order valence-corrected chi connectivity index (χ4v) is 3.40. The molecule has 1 aromatic rings. The topological polar surface area (TPSA) is 64.1 Å². The van der Waals surface area contributed by atoms with Crippen LogP contribution < -0.4 is 10.6 Å². The third-order valence-electron chi connectivity index (χ3n) is 5.21. The summed E-state index contributed by atoms with van der Waals surface area (Å²) in [5, 5.41) is 6.84. The van der Waals surface area contributed by atoms with E-state index in [2.05, 4.69) is 52.9 Å². The van der Waals surface area contributed by atoms with Gasteiger partial charge in [0.15, 0.2) is 5.96 Å². The highest BCUT2D eigenvalue weighted by molar-refractivity contribution is 5.79. The van der Waals surface area contributed by atoms with Crippen molar-refractivity contribution in [1.29, 1.82) is 0 Å². The summed E-state index contributed by atoms with van der Waals surface area (Å²) >= 11 is 0. The lowest BCUT2D eigenvalue weighted by atomic mass is 9.74. The highest BCUT2D eigenvalue weighted by Gasteiger charge is 2.34. The normalized spacial score (nSPS) is 16.7. The molecule has 1 aromatic carbocycles. The molecule has 1 fully saturated rings. The summed E-state index contributed by atoms with van der Waals surface area (Å²) in [5.41, 5.74) is 1.45. The Balaban J connectivity index is 1.70. The Morgan fingerprint density at radius 3 is 2.43 bits per heavy atom. The average molecular weight is 392 g/mol. The Bertz CT molecular complexity index is 545. The Kier molecular flexibility index (Phi) is 10.9. The number of unbranched alkanes of at least 4 members (excludes halogenated alkanes) is 1. The van der Waals surface area contributed by atoms with Crippen molar-refractivity contribution in [1.82, 2.24) is 10.6 Å². The van der Waals surface area contributed by atoms with Gasteiger partial charge < -0.3 is 24.8 Å². The first-order valence-electron chi connectivity index (χ1n) is 10.5. The maximum Gasteiger partial charge on any atom is 0.191 e. The van der Waals surface area contributed by atoms with E-state index in [-0.39, 0.29) is 5.41 Å². The van der Waals surface area contributed by atoms with Crippen LogP contribution in [0.1, 0.15) is 38.2 Å². The van der Waals surface area contributed by atoms with Crippen molar-refractivity contribution < 1.29 is 14.2 Å². The summed E-state index contributed by atoms with van der Waals surface area (Å²) in [6, 6.07) is 10.7. The third-order valence-corrected chi connectivity index (χ3v) is 5.21. The Morgan fingerprint density at radius 1 is 1.04 bits per heavy atom. The van der Waals surface area contributed by atoms with E-state index in [1.54, 1.807) is 7.05 Å². The molecule has 6 nitrogen and oxygen atoms in total. The highest BCUT2D eigenvalue weighted by atomic mass is 16.5. The van der Waals surface area contributed by atoms with Gasteiger partial charge in [0.25, 0.3) is 0 Å². The van der Waals surface area contributed by atoms with Crippen molar-refractivity contribution in [3.8, 4) is 0 Å². The minimum absolute atomic E-state index is 0.0868. The van der Waals surface area contributed by atoms with Gasteiger partial charge in [-0.2, -0.15) is 0 Å². The number of nitrogens with zero attached hydrogens (tertiary/aromatic N) is 1. The van der Waals surface area contributed by atoms with Gasteiger partial charge in [-0.05, 0) is 24.8 Å². The first kappa shape index (κ1) is 22.7. The monoisotopic (exact) mass is 391 g/mol. The second-order valence-electron chi connectivity index (χ2n) is 7.19. The van der Waals surface area contributed by atoms with Crippen molar-refractivity contribution >= 4 is 5.96 Å². The van der Waals surface area contributed by atoms with Crippen LogP contribution in [0.2, 0.25) is 0 Å². The van der Waals surface area contributed by atoms with Gasteiger partial charge >= 0.3 is 0 Å². The van der Waals surface area contributed by atoms with Crippen LogP contribution in [0.3, 0.4) is 0 Å². The second kappa shape index (κ2) is 13.5. The van der Waals surface area contributed by atoms with Gasteiger partial charge in [0, 0.05) is 45.4 Å². The minimum Gasteiger partial charge on any atom is -0.381 e. The number of guanidine groups is 1. The smallest absolute Gasteiger partial charge is 0.191 e. The molecule has 6 heteroatoms. The predicted octanol–water partition coefficient (Wildman–Crippen LogP) is 2.73. The molecule has 1 aliphatic heterocycles. The van der Waals surface area contributed by atoms with Gasteiger partial charge in [-0.15, -0.1) is 0 Å². The van der Waals surface area contributed by atoms with Gasteiger partial charge in [0.2, 0.25) is 0 Å². The molecule has 28 heavy (non-hydrogen) atoms. The standard InChI is InChI=1S/C22H37N3O3/c1-3-4-13-26-17-18-28-16-12-24-21(23-2)25-19-22(10-14-27-15-11-22)20-8-6-5-7-9-20/h5-9H,3-4,10-19H2,1-2H3,(H2,23,24,25). The Hall–Kier alpha value is -1.63. The van der Waals surface area contributed by atoms with Crippen molar-refractivity contribution in [3.63, 3.8) is 0 Å². The molecule has 0 atom stereocenters. The van der Waals surface area contributed by atoms with Crippen molar-refractivity contribution in [2.75, 3.05) is 59.8 Å². The molecule has 0 amide bonds. The van der Waals surface area contributed by atoms with Crippen LogP contribution in [0.15, 0.2) is 35.3 Å². The van der Waals surface area contributed by atoms with Gasteiger partial charge in [0.05, 0.1) is 19.8 Å². The zero-order chi connectivity index (χ0) is 19.9. The molecule has 158 valence electrons. The van der Waals surface area contributed by atoms with E-state index in [4.69, 9.17) is 14.2 Å². The molecule has 0 radical (unpaired) electrons. The molecule has 0 bridgehead atoms. The third kappa shape index (κ3) is 7.78. The van der Waals surface area contributed by atoms with Gasteiger partial charge in [-0.25, -0.2) is 0 Å². The van der Waals surface area contributed by atoms with E-state index in [0.29, 0.717) is 19.8 Å². The van der Waals surface area contributed by atoms with Crippen LogP contribution in [0.25, 0.3) is 0 Å². The average Bonchev–Trinajstić information content (AvgIpc) is 2.76. The van der Waals surface area contributed by atoms with Crippen LogP contribution in [0, 0.1) is 0 Å². The molecule has 1 aliphatic rings. The van der Waals surface area contributed by atoms with E-state index < -0.39 is 0 Å². The van der Waals surface area contributed by atoms with Crippen LogP contribution in [0.4, 0.5) is 0 Å². The lowest BCUT2D eigenvalue weighted by Crippen LogP contribution is -2.48. The zero-order valence-electron chi connectivity index (χ0n) is 17.5. The fraction of sp³-hybridized carbons (Fsp3) is 0.682. The summed E-state index contributed by atoms with van der Waals surface area (Å²) in [6.45, 7) is 8.08. The predicted molar refractivity (Wildman–Crippen MR) is 114 cm³/mol. The maximum absolute atomic E-state index is 5.61. The fourth-order valence-electron chi connectivity index (χ4n) is 3.40. The molecule has 2 rings (SSSR count). The molecule has 1 saturated heterocycles. The number of hydrogen-bond acceptors (Lipinski definition) is 4. The zero-order valence-corrected chi connectivity index (χ0v) is 17.5. The maximum atomic E-state index is 5.61. The van der Waals surface area contributed by atoms with Gasteiger partial charge in [0.1, 0.15) is 0 Å². The van der Waals surface area contributed by atoms with E-state index in [1.807, 2.05) is 0 Å². The number of benzene rings is 1. The summed E-state index contributed by atoms with van der Waals surface area (Å²) in [4.78, 5) is 4.35. The molecule has 0 spiro atoms. The van der Waals surface area contributed by atoms with Gasteiger partial charge in [-0.1, -0.05) is 43.7 Å². The lowest BCUT2D eigenvalue weighted by Gasteiger charge is -2.38. The van der Waals surface area contributed by atoms with Crippen LogP contribution in [-0.2, 0) is 19.6 Å². The quantitative estimate of drug-likeness (QED) is 0.326. The van der Waals surface area contributed by atoms with Crippen molar-refractivity contribution in [2.24, 2.45) is 4.99 Å². The molecule has 0 aromatic heterocycles. The molecule has 0 unspecified atom stereocenters. The van der Waals surface area contributed by atoms with Crippen molar-refractivity contribution in [2.45, 2.75) is 38.0 Å². The van der Waals surface area contributed by atoms with E-state index >= 15 is 0 Å². The lowest BCUT2D eigenvalue weighted by molar-refractivity contribution is 0.0484. The number of ether oxygens (including phenoxy) is 3. The molecule has 2 N–H and O–H groups in total. The first-order chi connectivity index (χ1) is 13.8. The number of rotatable bonds is 12.